The highest BCUT2D eigenvalue weighted by atomic mass is 19.1. The Bertz CT molecular complexity index is 1270. The number of benzene rings is 1. The molecule has 154 valence electrons. The van der Waals surface area contributed by atoms with Gasteiger partial charge >= 0.3 is 0 Å². The molecule has 6 heteroatoms. The van der Waals surface area contributed by atoms with Crippen LogP contribution in [0.25, 0.3) is 33.8 Å². The summed E-state index contributed by atoms with van der Waals surface area (Å²) in [5, 5.41) is 2.85. The van der Waals surface area contributed by atoms with E-state index in [2.05, 4.69) is 15.3 Å². The second-order valence-corrected chi connectivity index (χ2v) is 7.36. The molecule has 0 unspecified atom stereocenters. The van der Waals surface area contributed by atoms with Crippen LogP contribution in [0.15, 0.2) is 67.0 Å². The molecule has 31 heavy (non-hydrogen) atoms. The van der Waals surface area contributed by atoms with Crippen LogP contribution in [-0.2, 0) is 4.79 Å². The molecule has 4 rings (SSSR count). The van der Waals surface area contributed by atoms with Crippen molar-refractivity contribution in [2.45, 2.75) is 20.8 Å². The van der Waals surface area contributed by atoms with Gasteiger partial charge in [-0.2, -0.15) is 0 Å². The lowest BCUT2D eigenvalue weighted by Crippen LogP contribution is -2.09. The van der Waals surface area contributed by atoms with Gasteiger partial charge in [-0.15, -0.1) is 0 Å². The van der Waals surface area contributed by atoms with E-state index < -0.39 is 0 Å². The molecule has 0 radical (unpaired) electrons. The van der Waals surface area contributed by atoms with Crippen molar-refractivity contribution in [2.24, 2.45) is 0 Å². The number of anilines is 1. The summed E-state index contributed by atoms with van der Waals surface area (Å²) < 4.78 is 13.6. The van der Waals surface area contributed by atoms with E-state index in [1.807, 2.05) is 50.2 Å². The zero-order chi connectivity index (χ0) is 22.0. The zero-order valence-corrected chi connectivity index (χ0v) is 17.5. The third kappa shape index (κ3) is 4.48. The minimum absolute atomic E-state index is 0.189. The van der Waals surface area contributed by atoms with E-state index in [9.17, 15) is 9.18 Å². The number of hydrogen-bond acceptors (Lipinski definition) is 4. The molecule has 1 N–H and O–H groups in total. The second kappa shape index (κ2) is 8.44. The number of aromatic nitrogens is 3. The van der Waals surface area contributed by atoms with Gasteiger partial charge in [0, 0.05) is 36.1 Å². The molecular formula is C25H21FN4O. The molecule has 3 heterocycles. The molecule has 0 atom stereocenters. The maximum absolute atomic E-state index is 13.6. The average Bonchev–Trinajstić information content (AvgIpc) is 2.74. The summed E-state index contributed by atoms with van der Waals surface area (Å²) in [5.74, 6) is -0.488. The highest BCUT2D eigenvalue weighted by molar-refractivity contribution is 5.93. The summed E-state index contributed by atoms with van der Waals surface area (Å²) in [6.07, 6.45) is 3.43. The van der Waals surface area contributed by atoms with Crippen molar-refractivity contribution in [3.05, 3.63) is 84.1 Å². The van der Waals surface area contributed by atoms with Gasteiger partial charge in [0.2, 0.25) is 5.91 Å². The molecule has 0 saturated heterocycles. The molecule has 0 spiro atoms. The fourth-order valence-electron chi connectivity index (χ4n) is 3.45. The third-order valence-corrected chi connectivity index (χ3v) is 4.86. The number of carbonyl (C=O) groups excluding carboxylic acids is 1. The summed E-state index contributed by atoms with van der Waals surface area (Å²) in [6, 6.07) is 15.8. The van der Waals surface area contributed by atoms with Gasteiger partial charge in [0.1, 0.15) is 11.5 Å². The van der Waals surface area contributed by atoms with Gasteiger partial charge in [0.05, 0.1) is 17.1 Å². The summed E-state index contributed by atoms with van der Waals surface area (Å²) in [5.41, 5.74) is 6.85. The summed E-state index contributed by atoms with van der Waals surface area (Å²) in [7, 11) is 0. The molecule has 5 nitrogen and oxygen atoms in total. The summed E-state index contributed by atoms with van der Waals surface area (Å²) in [4.78, 5) is 25.4. The Kier molecular flexibility index (Phi) is 5.54. The number of carbonyl (C=O) groups is 1. The molecule has 1 aromatic carbocycles. The fourth-order valence-corrected chi connectivity index (χ4v) is 3.45. The van der Waals surface area contributed by atoms with E-state index in [1.54, 1.807) is 18.5 Å². The smallest absolute Gasteiger partial charge is 0.221 e. The lowest BCUT2D eigenvalue weighted by atomic mass is 10.0. The number of halogens is 1. The minimum Gasteiger partial charge on any atom is -0.324 e. The number of nitrogens with zero attached hydrogens (tertiary/aromatic N) is 3. The molecule has 3 aromatic heterocycles. The predicted octanol–water partition coefficient (Wildman–Crippen LogP) is 5.59. The number of nitrogens with one attached hydrogen (secondary N) is 1. The van der Waals surface area contributed by atoms with Crippen molar-refractivity contribution in [2.75, 3.05) is 5.32 Å². The van der Waals surface area contributed by atoms with Gasteiger partial charge in [0.25, 0.3) is 0 Å². The van der Waals surface area contributed by atoms with Gasteiger partial charge in [-0.25, -0.2) is 9.37 Å². The van der Waals surface area contributed by atoms with Crippen molar-refractivity contribution < 1.29 is 9.18 Å². The van der Waals surface area contributed by atoms with Crippen LogP contribution in [0, 0.1) is 19.7 Å². The van der Waals surface area contributed by atoms with Gasteiger partial charge in [0.15, 0.2) is 0 Å². The van der Waals surface area contributed by atoms with Crippen LogP contribution < -0.4 is 5.32 Å². The standard InChI is InChI=1S/C25H21FN4O/c1-15-11-23(29-17(3)31)25(30-24(15)19-9-10-27-16(2)12-19)22-8-7-20(14-28-22)18-5-4-6-21(26)13-18/h4-14H,1-3H3,(H,29,31). The van der Waals surface area contributed by atoms with E-state index in [0.717, 1.165) is 33.6 Å². The van der Waals surface area contributed by atoms with Gasteiger partial charge < -0.3 is 5.32 Å². The largest absolute Gasteiger partial charge is 0.324 e. The number of aryl methyl sites for hydroxylation is 2. The first-order valence-corrected chi connectivity index (χ1v) is 9.85. The van der Waals surface area contributed by atoms with E-state index in [0.29, 0.717) is 17.1 Å². The summed E-state index contributed by atoms with van der Waals surface area (Å²) in [6.45, 7) is 5.34. The molecule has 0 aliphatic carbocycles. The number of pyridine rings is 3. The molecule has 1 amide bonds. The first kappa shape index (κ1) is 20.3. The molecule has 0 aliphatic rings. The van der Waals surface area contributed by atoms with Crippen LogP contribution in [0.4, 0.5) is 10.1 Å². The number of rotatable bonds is 4. The molecular weight excluding hydrogens is 391 g/mol. The lowest BCUT2D eigenvalue weighted by Gasteiger charge is -2.14. The Balaban J connectivity index is 1.81. The maximum Gasteiger partial charge on any atom is 0.221 e. The lowest BCUT2D eigenvalue weighted by molar-refractivity contribution is -0.114. The Morgan fingerprint density at radius 1 is 0.903 bits per heavy atom. The molecule has 0 bridgehead atoms. The number of amides is 1. The molecule has 0 aliphatic heterocycles. The van der Waals surface area contributed by atoms with Crippen LogP contribution in [0.3, 0.4) is 0 Å². The Morgan fingerprint density at radius 3 is 2.42 bits per heavy atom. The topological polar surface area (TPSA) is 67.8 Å². The molecule has 4 aromatic rings. The van der Waals surface area contributed by atoms with Crippen molar-refractivity contribution in [3.8, 4) is 33.8 Å². The van der Waals surface area contributed by atoms with Crippen LogP contribution in [0.1, 0.15) is 18.2 Å². The molecule has 0 fully saturated rings. The minimum atomic E-state index is -0.299. The summed E-state index contributed by atoms with van der Waals surface area (Å²) >= 11 is 0. The monoisotopic (exact) mass is 412 g/mol. The van der Waals surface area contributed by atoms with Gasteiger partial charge in [-0.3, -0.25) is 14.8 Å². The van der Waals surface area contributed by atoms with E-state index in [1.165, 1.54) is 19.1 Å². The quantitative estimate of drug-likeness (QED) is 0.475. The SMILES string of the molecule is CC(=O)Nc1cc(C)c(-c2ccnc(C)c2)nc1-c1ccc(-c2cccc(F)c2)cn1. The van der Waals surface area contributed by atoms with Gasteiger partial charge in [-0.05, 0) is 61.4 Å². The maximum atomic E-state index is 13.6. The van der Waals surface area contributed by atoms with Crippen LogP contribution in [-0.4, -0.2) is 20.9 Å². The fraction of sp³-hybridized carbons (Fsp3) is 0.120. The van der Waals surface area contributed by atoms with Crippen molar-refractivity contribution in [3.63, 3.8) is 0 Å². The van der Waals surface area contributed by atoms with E-state index in [-0.39, 0.29) is 11.7 Å². The third-order valence-electron chi connectivity index (χ3n) is 4.86. The highest BCUT2D eigenvalue weighted by Gasteiger charge is 2.15. The Hall–Kier alpha value is -3.93. The van der Waals surface area contributed by atoms with Crippen LogP contribution >= 0.6 is 0 Å². The van der Waals surface area contributed by atoms with Crippen molar-refractivity contribution in [1.82, 2.24) is 15.0 Å². The molecule has 0 saturated carbocycles. The van der Waals surface area contributed by atoms with E-state index in [4.69, 9.17) is 4.98 Å². The van der Waals surface area contributed by atoms with Crippen LogP contribution in [0.2, 0.25) is 0 Å². The van der Waals surface area contributed by atoms with Crippen molar-refractivity contribution >= 4 is 11.6 Å². The first-order valence-electron chi connectivity index (χ1n) is 9.85. The Labute approximate surface area is 180 Å². The Morgan fingerprint density at radius 2 is 1.74 bits per heavy atom. The van der Waals surface area contributed by atoms with Crippen LogP contribution in [0.5, 0.6) is 0 Å². The normalized spacial score (nSPS) is 10.7. The average molecular weight is 412 g/mol. The van der Waals surface area contributed by atoms with Gasteiger partial charge in [-0.1, -0.05) is 18.2 Å². The second-order valence-electron chi connectivity index (χ2n) is 7.36. The predicted molar refractivity (Wildman–Crippen MR) is 120 cm³/mol. The highest BCUT2D eigenvalue weighted by Crippen LogP contribution is 2.32. The zero-order valence-electron chi connectivity index (χ0n) is 17.5. The number of hydrogen-bond donors (Lipinski definition) is 1. The van der Waals surface area contributed by atoms with E-state index >= 15 is 0 Å². The first-order chi connectivity index (χ1) is 14.9. The van der Waals surface area contributed by atoms with Crippen molar-refractivity contribution in [1.29, 1.82) is 0 Å².